The number of hydrogen-bond acceptors (Lipinski definition) is 4. The van der Waals surface area contributed by atoms with Crippen LogP contribution in [0.5, 0.6) is 0 Å². The van der Waals surface area contributed by atoms with Crippen molar-refractivity contribution in [3.63, 3.8) is 0 Å². The van der Waals surface area contributed by atoms with Crippen LogP contribution in [0.15, 0.2) is 29.2 Å². The molecule has 1 aliphatic rings. The molecule has 1 saturated heterocycles. The van der Waals surface area contributed by atoms with Gasteiger partial charge in [-0.3, -0.25) is 9.69 Å². The van der Waals surface area contributed by atoms with Crippen molar-refractivity contribution in [2.45, 2.75) is 32.2 Å². The maximum atomic E-state index is 12.6. The maximum absolute atomic E-state index is 12.6. The van der Waals surface area contributed by atoms with Crippen LogP contribution in [-0.2, 0) is 9.59 Å². The van der Waals surface area contributed by atoms with Crippen LogP contribution in [0.25, 0.3) is 6.08 Å². The highest BCUT2D eigenvalue weighted by atomic mass is 35.5. The van der Waals surface area contributed by atoms with Crippen molar-refractivity contribution in [2.24, 2.45) is 0 Å². The zero-order valence-electron chi connectivity index (χ0n) is 12.5. The summed E-state index contributed by atoms with van der Waals surface area (Å²) in [4.78, 5) is 25.7. The van der Waals surface area contributed by atoms with Crippen LogP contribution >= 0.6 is 35.6 Å². The maximum Gasteiger partial charge on any atom is 0.326 e. The Hall–Kier alpha value is -1.37. The highest BCUT2D eigenvalue weighted by Gasteiger charge is 2.40. The number of carbonyl (C=O) groups excluding carboxylic acids is 1. The van der Waals surface area contributed by atoms with Gasteiger partial charge in [0.25, 0.3) is 5.91 Å². The second-order valence-electron chi connectivity index (χ2n) is 5.07. The standard InChI is InChI=1S/C16H16ClNO3S2/c1-2-3-8-12(15(20)21)18-14(19)13(23-16(18)22)9-10-6-4-5-7-11(10)17/h4-7,9,12H,2-3,8H2,1H3,(H,20,21)/b13-9-/t12-/m0/s1. The lowest BCUT2D eigenvalue weighted by Gasteiger charge is -2.22. The molecule has 1 aromatic carbocycles. The summed E-state index contributed by atoms with van der Waals surface area (Å²) in [5.41, 5.74) is 0.704. The van der Waals surface area contributed by atoms with E-state index >= 15 is 0 Å². The summed E-state index contributed by atoms with van der Waals surface area (Å²) in [5, 5.41) is 9.94. The Kier molecular flexibility index (Phi) is 6.21. The molecule has 2 rings (SSSR count). The van der Waals surface area contributed by atoms with Crippen LogP contribution in [0.3, 0.4) is 0 Å². The molecule has 7 heteroatoms. The number of thioether (sulfide) groups is 1. The predicted molar refractivity (Wildman–Crippen MR) is 97.4 cm³/mol. The molecule has 1 aliphatic heterocycles. The highest BCUT2D eigenvalue weighted by Crippen LogP contribution is 2.35. The van der Waals surface area contributed by atoms with Gasteiger partial charge in [0.15, 0.2) is 0 Å². The molecule has 1 heterocycles. The van der Waals surface area contributed by atoms with Crippen LogP contribution in [-0.4, -0.2) is 32.2 Å². The van der Waals surface area contributed by atoms with Crippen molar-refractivity contribution in [1.29, 1.82) is 0 Å². The third kappa shape index (κ3) is 4.13. The first-order chi connectivity index (χ1) is 11.0. The number of halogens is 1. The lowest BCUT2D eigenvalue weighted by molar-refractivity contribution is -0.145. The van der Waals surface area contributed by atoms with Gasteiger partial charge in [-0.25, -0.2) is 4.79 Å². The van der Waals surface area contributed by atoms with Crippen molar-refractivity contribution >= 4 is 57.9 Å². The van der Waals surface area contributed by atoms with Gasteiger partial charge in [0.1, 0.15) is 10.4 Å². The molecule has 0 spiro atoms. The average Bonchev–Trinajstić information content (AvgIpc) is 2.77. The third-order valence-corrected chi connectivity index (χ3v) is 5.12. The van der Waals surface area contributed by atoms with E-state index < -0.39 is 12.0 Å². The Balaban J connectivity index is 2.29. The van der Waals surface area contributed by atoms with E-state index in [1.54, 1.807) is 24.3 Å². The van der Waals surface area contributed by atoms with Crippen molar-refractivity contribution < 1.29 is 14.7 Å². The van der Waals surface area contributed by atoms with Gasteiger partial charge in [-0.15, -0.1) is 0 Å². The van der Waals surface area contributed by atoms with Crippen molar-refractivity contribution in [1.82, 2.24) is 4.90 Å². The Morgan fingerprint density at radius 2 is 2.17 bits per heavy atom. The van der Waals surface area contributed by atoms with Crippen LogP contribution in [0.4, 0.5) is 0 Å². The normalized spacial score (nSPS) is 17.8. The molecule has 1 amide bonds. The summed E-state index contributed by atoms with van der Waals surface area (Å²) >= 11 is 12.4. The number of hydrogen-bond donors (Lipinski definition) is 1. The lowest BCUT2D eigenvalue weighted by Crippen LogP contribution is -2.43. The third-order valence-electron chi connectivity index (χ3n) is 3.44. The van der Waals surface area contributed by atoms with E-state index in [0.717, 1.165) is 24.6 Å². The number of carboxylic acid groups (broad SMARTS) is 1. The fourth-order valence-electron chi connectivity index (χ4n) is 2.24. The number of carboxylic acids is 1. The largest absolute Gasteiger partial charge is 0.480 e. The van der Waals surface area contributed by atoms with E-state index in [0.29, 0.717) is 21.9 Å². The number of thiocarbonyl (C=S) groups is 1. The van der Waals surface area contributed by atoms with Crippen molar-refractivity contribution in [3.8, 4) is 0 Å². The predicted octanol–water partition coefficient (Wildman–Crippen LogP) is 4.18. The molecule has 1 atom stereocenters. The molecule has 4 nitrogen and oxygen atoms in total. The summed E-state index contributed by atoms with van der Waals surface area (Å²) in [7, 11) is 0. The number of unbranched alkanes of at least 4 members (excludes halogenated alkanes) is 1. The molecular formula is C16H16ClNO3S2. The minimum absolute atomic E-state index is 0.275. The van der Waals surface area contributed by atoms with E-state index in [-0.39, 0.29) is 10.2 Å². The summed E-state index contributed by atoms with van der Waals surface area (Å²) in [5.74, 6) is -1.41. The molecule has 1 N–H and O–H groups in total. The summed E-state index contributed by atoms with van der Waals surface area (Å²) in [6, 6.07) is 6.23. The molecule has 1 fully saturated rings. The Labute approximate surface area is 149 Å². The summed E-state index contributed by atoms with van der Waals surface area (Å²) < 4.78 is 0.275. The first-order valence-electron chi connectivity index (χ1n) is 7.20. The zero-order chi connectivity index (χ0) is 17.0. The molecule has 0 bridgehead atoms. The first-order valence-corrected chi connectivity index (χ1v) is 8.80. The van der Waals surface area contributed by atoms with Gasteiger partial charge in [0.2, 0.25) is 0 Å². The SMILES string of the molecule is CCCC[C@@H](C(=O)O)N1C(=O)/C(=C/c2ccccc2Cl)SC1=S. The molecule has 0 radical (unpaired) electrons. The monoisotopic (exact) mass is 369 g/mol. The number of benzene rings is 1. The van der Waals surface area contributed by atoms with Gasteiger partial charge in [0, 0.05) is 5.02 Å². The van der Waals surface area contributed by atoms with Crippen molar-refractivity contribution in [3.05, 3.63) is 39.8 Å². The van der Waals surface area contributed by atoms with Crippen LogP contribution < -0.4 is 0 Å². The smallest absolute Gasteiger partial charge is 0.326 e. The number of carbonyl (C=O) groups is 2. The molecule has 23 heavy (non-hydrogen) atoms. The number of aliphatic carboxylic acids is 1. The molecule has 0 saturated carbocycles. The second-order valence-corrected chi connectivity index (χ2v) is 7.15. The zero-order valence-corrected chi connectivity index (χ0v) is 14.9. The summed E-state index contributed by atoms with van der Waals surface area (Å²) in [6.07, 6.45) is 3.61. The fourth-order valence-corrected chi connectivity index (χ4v) is 3.78. The Morgan fingerprint density at radius 1 is 1.48 bits per heavy atom. The summed E-state index contributed by atoms with van der Waals surface area (Å²) in [6.45, 7) is 1.97. The lowest BCUT2D eigenvalue weighted by atomic mass is 10.1. The van der Waals surface area contributed by atoms with Crippen molar-refractivity contribution in [2.75, 3.05) is 0 Å². The molecule has 122 valence electrons. The fraction of sp³-hybridized carbons (Fsp3) is 0.312. The van der Waals surface area contributed by atoms with E-state index in [2.05, 4.69) is 0 Å². The molecule has 0 aromatic heterocycles. The van der Waals surface area contributed by atoms with Crippen LogP contribution in [0.1, 0.15) is 31.7 Å². The Morgan fingerprint density at radius 3 is 2.78 bits per heavy atom. The van der Waals surface area contributed by atoms with Gasteiger partial charge < -0.3 is 5.11 Å². The van der Waals surface area contributed by atoms with Gasteiger partial charge in [-0.1, -0.05) is 73.5 Å². The topological polar surface area (TPSA) is 57.6 Å². The highest BCUT2D eigenvalue weighted by molar-refractivity contribution is 8.26. The molecule has 0 unspecified atom stereocenters. The van der Waals surface area contributed by atoms with E-state index in [1.165, 1.54) is 4.90 Å². The quantitative estimate of drug-likeness (QED) is 0.602. The second kappa shape index (κ2) is 7.95. The van der Waals surface area contributed by atoms with E-state index in [9.17, 15) is 14.7 Å². The number of rotatable bonds is 6. The van der Waals surface area contributed by atoms with Crippen LogP contribution in [0.2, 0.25) is 5.02 Å². The number of nitrogens with zero attached hydrogens (tertiary/aromatic N) is 1. The first kappa shape index (κ1) is 18.0. The van der Waals surface area contributed by atoms with Gasteiger partial charge in [-0.05, 0) is 24.1 Å². The molecule has 0 aliphatic carbocycles. The van der Waals surface area contributed by atoms with E-state index in [4.69, 9.17) is 23.8 Å². The minimum atomic E-state index is -1.03. The average molecular weight is 370 g/mol. The Bertz CT molecular complexity index is 675. The molecular weight excluding hydrogens is 354 g/mol. The van der Waals surface area contributed by atoms with Gasteiger partial charge >= 0.3 is 5.97 Å². The van der Waals surface area contributed by atoms with Gasteiger partial charge in [-0.2, -0.15) is 0 Å². The van der Waals surface area contributed by atoms with Gasteiger partial charge in [0.05, 0.1) is 4.91 Å². The van der Waals surface area contributed by atoms with E-state index in [1.807, 2.05) is 13.0 Å². The minimum Gasteiger partial charge on any atom is -0.480 e. The number of amides is 1. The van der Waals surface area contributed by atoms with Crippen LogP contribution in [0, 0.1) is 0 Å². The molecule has 1 aromatic rings.